The van der Waals surface area contributed by atoms with Crippen LogP contribution in [-0.2, 0) is 9.53 Å². The van der Waals surface area contributed by atoms with Gasteiger partial charge in [0.05, 0.1) is 0 Å². The molecule has 8 heteroatoms. The lowest BCUT2D eigenvalue weighted by Gasteiger charge is -2.34. The van der Waals surface area contributed by atoms with Crippen LogP contribution >= 0.6 is 11.8 Å². The summed E-state index contributed by atoms with van der Waals surface area (Å²) in [7, 11) is 0. The van der Waals surface area contributed by atoms with E-state index < -0.39 is 23.5 Å². The average molecular weight is 445 g/mol. The molecule has 0 saturated heterocycles. The topological polar surface area (TPSA) is 108 Å². The summed E-state index contributed by atoms with van der Waals surface area (Å²) in [6, 6.07) is 14.0. The van der Waals surface area contributed by atoms with Gasteiger partial charge >= 0.3 is 6.09 Å². The monoisotopic (exact) mass is 444 g/mol. The molecule has 0 bridgehead atoms. The van der Waals surface area contributed by atoms with E-state index in [0.717, 1.165) is 10.5 Å². The van der Waals surface area contributed by atoms with E-state index in [2.05, 4.69) is 5.32 Å². The molecule has 31 heavy (non-hydrogen) atoms. The second-order valence-electron chi connectivity index (χ2n) is 7.64. The number of carbonyl (C=O) groups excluding carboxylic acids is 2. The van der Waals surface area contributed by atoms with Crippen molar-refractivity contribution < 1.29 is 24.6 Å². The molecule has 0 saturated carbocycles. The number of aromatic hydroxyl groups is 1. The lowest BCUT2D eigenvalue weighted by molar-refractivity contribution is -0.124. The van der Waals surface area contributed by atoms with E-state index >= 15 is 0 Å². The van der Waals surface area contributed by atoms with Gasteiger partial charge in [0, 0.05) is 22.1 Å². The van der Waals surface area contributed by atoms with Crippen LogP contribution in [0.15, 0.2) is 65.6 Å². The van der Waals surface area contributed by atoms with Gasteiger partial charge in [-0.15, -0.1) is 11.8 Å². The first-order chi connectivity index (χ1) is 14.7. The second-order valence-corrected chi connectivity index (χ2v) is 8.52. The van der Waals surface area contributed by atoms with Crippen LogP contribution in [0.3, 0.4) is 0 Å². The molecule has 2 amide bonds. The molecule has 0 aromatic heterocycles. The Labute approximate surface area is 186 Å². The highest BCUT2D eigenvalue weighted by Crippen LogP contribution is 2.41. The zero-order chi connectivity index (χ0) is 22.9. The van der Waals surface area contributed by atoms with Crippen molar-refractivity contribution in [3.05, 3.63) is 66.2 Å². The van der Waals surface area contributed by atoms with Crippen LogP contribution in [0.2, 0.25) is 0 Å². The number of hydroxylamine groups is 1. The molecule has 0 aliphatic carbocycles. The highest BCUT2D eigenvalue weighted by molar-refractivity contribution is 7.98. The Hall–Kier alpha value is -2.97. The Balaban J connectivity index is 2.15. The lowest BCUT2D eigenvalue weighted by Crippen LogP contribution is -2.29. The molecule has 7 nitrogen and oxygen atoms in total. The lowest BCUT2D eigenvalue weighted by atomic mass is 9.78. The smallest absolute Gasteiger partial charge is 0.412 e. The highest BCUT2D eigenvalue weighted by atomic mass is 32.2. The average Bonchev–Trinajstić information content (AvgIpc) is 2.76. The minimum absolute atomic E-state index is 0.122. The van der Waals surface area contributed by atoms with Crippen LogP contribution in [0, 0.1) is 5.41 Å². The fraction of sp³-hybridized carbons (Fsp3) is 0.304. The number of allylic oxidation sites excluding steroid dienone is 1. The van der Waals surface area contributed by atoms with Gasteiger partial charge in [0.15, 0.2) is 0 Å². The molecule has 2 aromatic carbocycles. The van der Waals surface area contributed by atoms with Gasteiger partial charge in [0.25, 0.3) is 5.91 Å². The van der Waals surface area contributed by atoms with Gasteiger partial charge < -0.3 is 9.84 Å². The maximum atomic E-state index is 12.6. The van der Waals surface area contributed by atoms with E-state index in [-0.39, 0.29) is 5.75 Å². The number of benzene rings is 2. The normalized spacial score (nSPS) is 12.4. The van der Waals surface area contributed by atoms with E-state index in [1.807, 2.05) is 44.4 Å². The van der Waals surface area contributed by atoms with Crippen LogP contribution in [-0.4, -0.2) is 28.6 Å². The van der Waals surface area contributed by atoms with Crippen LogP contribution < -0.4 is 10.8 Å². The number of phenols is 1. The van der Waals surface area contributed by atoms with Crippen molar-refractivity contribution >= 4 is 29.4 Å². The molecule has 4 N–H and O–H groups in total. The Kier molecular flexibility index (Phi) is 8.96. The molecule has 166 valence electrons. The first-order valence-electron chi connectivity index (χ1n) is 9.76. The van der Waals surface area contributed by atoms with Crippen molar-refractivity contribution in [3.63, 3.8) is 0 Å². The third kappa shape index (κ3) is 7.66. The zero-order valence-corrected chi connectivity index (χ0v) is 18.6. The summed E-state index contributed by atoms with van der Waals surface area (Å²) in [4.78, 5) is 24.9. The summed E-state index contributed by atoms with van der Waals surface area (Å²) in [6.07, 6.45) is 4.83. The summed E-state index contributed by atoms with van der Waals surface area (Å²) in [6.45, 7) is 3.93. The number of thioether (sulfide) groups is 1. The van der Waals surface area contributed by atoms with Gasteiger partial charge in [-0.1, -0.05) is 32.1 Å². The van der Waals surface area contributed by atoms with E-state index in [9.17, 15) is 14.7 Å². The Bertz CT molecular complexity index is 895. The molecule has 0 unspecified atom stereocenters. The molecule has 0 fully saturated rings. The molecule has 0 aliphatic rings. The summed E-state index contributed by atoms with van der Waals surface area (Å²) in [5.41, 5.74) is 2.43. The Morgan fingerprint density at radius 3 is 2.35 bits per heavy atom. The predicted molar refractivity (Wildman–Crippen MR) is 121 cm³/mol. The number of anilines is 1. The van der Waals surface area contributed by atoms with Crippen molar-refractivity contribution in [2.45, 2.75) is 37.7 Å². The van der Waals surface area contributed by atoms with Crippen molar-refractivity contribution in [1.82, 2.24) is 5.48 Å². The van der Waals surface area contributed by atoms with E-state index in [0.29, 0.717) is 18.5 Å². The number of ether oxygens (including phenoxy) is 1. The zero-order valence-electron chi connectivity index (χ0n) is 17.8. The second kappa shape index (κ2) is 11.4. The largest absolute Gasteiger partial charge is 0.508 e. The summed E-state index contributed by atoms with van der Waals surface area (Å²) in [5.74, 6) is -0.479. The van der Waals surface area contributed by atoms with Crippen LogP contribution in [0.5, 0.6) is 5.75 Å². The summed E-state index contributed by atoms with van der Waals surface area (Å²) >= 11 is 1.61. The molecule has 2 rings (SSSR count). The molecule has 1 atom stereocenters. The molecular weight excluding hydrogens is 416 g/mol. The third-order valence-corrected chi connectivity index (χ3v) is 5.55. The SMILES string of the molecule is CSc1ccc(NC(=O)O[C@H](c2ccc(O)cc2)C(C)(C)CC/C=C/C(=O)NO)cc1. The molecule has 0 radical (unpaired) electrons. The standard InChI is InChI=1S/C23H28N2O5S/c1-23(2,15-5-4-6-20(27)25-29)21(16-7-11-18(26)12-8-16)30-22(28)24-17-9-13-19(31-3)14-10-17/h4,6-14,21,26,29H,5,15H2,1-3H3,(H,24,28)(H,25,27)/b6-4+/t21-/m1/s1. The predicted octanol–water partition coefficient (Wildman–Crippen LogP) is 5.27. The minimum Gasteiger partial charge on any atom is -0.508 e. The van der Waals surface area contributed by atoms with Gasteiger partial charge in [0.2, 0.25) is 0 Å². The quantitative estimate of drug-likeness (QED) is 0.182. The summed E-state index contributed by atoms with van der Waals surface area (Å²) < 4.78 is 5.82. The third-order valence-electron chi connectivity index (χ3n) is 4.80. The molecule has 0 heterocycles. The molecule has 0 spiro atoms. The number of amides is 2. The first-order valence-corrected chi connectivity index (χ1v) is 11.0. The number of nitrogens with one attached hydrogen (secondary N) is 2. The van der Waals surface area contributed by atoms with Gasteiger partial charge in [0.1, 0.15) is 11.9 Å². The fourth-order valence-corrected chi connectivity index (χ4v) is 3.48. The van der Waals surface area contributed by atoms with E-state index in [1.165, 1.54) is 6.08 Å². The van der Waals surface area contributed by atoms with Crippen LogP contribution in [0.1, 0.15) is 38.4 Å². The van der Waals surface area contributed by atoms with E-state index in [1.54, 1.807) is 47.6 Å². The highest BCUT2D eigenvalue weighted by Gasteiger charge is 2.33. The maximum Gasteiger partial charge on any atom is 0.412 e. The number of phenolic OH excluding ortho intramolecular Hbond substituents is 1. The first kappa shape index (κ1) is 24.3. The van der Waals surface area contributed by atoms with Gasteiger partial charge in [-0.3, -0.25) is 15.3 Å². The van der Waals surface area contributed by atoms with E-state index in [4.69, 9.17) is 9.94 Å². The number of hydrogen-bond acceptors (Lipinski definition) is 6. The van der Waals surface area contributed by atoms with Gasteiger partial charge in [-0.05, 0) is 61.1 Å². The van der Waals surface area contributed by atoms with Crippen molar-refractivity contribution in [1.29, 1.82) is 0 Å². The fourth-order valence-electron chi connectivity index (χ4n) is 3.07. The number of rotatable bonds is 9. The van der Waals surface area contributed by atoms with Crippen LogP contribution in [0.25, 0.3) is 0 Å². The Morgan fingerprint density at radius 1 is 1.13 bits per heavy atom. The minimum atomic E-state index is -0.601. The number of carbonyl (C=O) groups is 2. The maximum absolute atomic E-state index is 12.6. The number of hydrogen-bond donors (Lipinski definition) is 4. The van der Waals surface area contributed by atoms with Gasteiger partial charge in [-0.25, -0.2) is 10.3 Å². The molecule has 0 aliphatic heterocycles. The van der Waals surface area contributed by atoms with Crippen molar-refractivity contribution in [2.75, 3.05) is 11.6 Å². The summed E-state index contributed by atoms with van der Waals surface area (Å²) in [5, 5.41) is 20.9. The Morgan fingerprint density at radius 2 is 1.77 bits per heavy atom. The molecular formula is C23H28N2O5S. The van der Waals surface area contributed by atoms with Gasteiger partial charge in [-0.2, -0.15) is 0 Å². The van der Waals surface area contributed by atoms with Crippen molar-refractivity contribution in [3.8, 4) is 5.75 Å². The van der Waals surface area contributed by atoms with Crippen LogP contribution in [0.4, 0.5) is 10.5 Å². The molecule has 2 aromatic rings. The van der Waals surface area contributed by atoms with Crippen molar-refractivity contribution in [2.24, 2.45) is 5.41 Å².